The van der Waals surface area contributed by atoms with Crippen LogP contribution in [-0.2, 0) is 18.3 Å². The van der Waals surface area contributed by atoms with Crippen LogP contribution in [0.15, 0.2) is 0 Å². The highest BCUT2D eigenvalue weighted by Crippen LogP contribution is 2.24. The molecule has 0 saturated heterocycles. The second kappa shape index (κ2) is 7.77. The molecule has 21 heavy (non-hydrogen) atoms. The number of aryl methyl sites for hydroxylation is 2. The van der Waals surface area contributed by atoms with Crippen molar-refractivity contribution in [3.63, 3.8) is 0 Å². The molecule has 6 heteroatoms. The van der Waals surface area contributed by atoms with Gasteiger partial charge in [-0.05, 0) is 27.7 Å². The van der Waals surface area contributed by atoms with Gasteiger partial charge >= 0.3 is 0 Å². The Morgan fingerprint density at radius 1 is 1.43 bits per heavy atom. The van der Waals surface area contributed by atoms with Crippen LogP contribution in [-0.4, -0.2) is 53.8 Å². The van der Waals surface area contributed by atoms with E-state index < -0.39 is 5.60 Å². The van der Waals surface area contributed by atoms with E-state index in [4.69, 9.17) is 4.74 Å². The largest absolute Gasteiger partial charge is 0.389 e. The molecule has 0 saturated carbocycles. The SMILES string of the molecule is CCN(CC(C)(C)O)c1c(CNCCOC)c(C)nn1C. The standard InChI is InChI=1S/C15H30N4O2/c1-7-19(11-15(3,4)20)14-13(10-16-8-9-21-6)12(2)17-18(14)5/h16,20H,7-11H2,1-6H3. The van der Waals surface area contributed by atoms with E-state index in [9.17, 15) is 5.11 Å². The van der Waals surface area contributed by atoms with E-state index in [0.717, 1.165) is 31.1 Å². The van der Waals surface area contributed by atoms with Crippen molar-refractivity contribution in [1.29, 1.82) is 0 Å². The van der Waals surface area contributed by atoms with Crippen LogP contribution in [0.25, 0.3) is 0 Å². The molecule has 0 aliphatic carbocycles. The van der Waals surface area contributed by atoms with Crippen LogP contribution in [0.3, 0.4) is 0 Å². The van der Waals surface area contributed by atoms with Crippen molar-refractivity contribution < 1.29 is 9.84 Å². The third-order valence-electron chi connectivity index (χ3n) is 3.36. The van der Waals surface area contributed by atoms with E-state index in [0.29, 0.717) is 13.2 Å². The van der Waals surface area contributed by atoms with Gasteiger partial charge in [0.05, 0.1) is 17.9 Å². The lowest BCUT2D eigenvalue weighted by atomic mass is 10.1. The van der Waals surface area contributed by atoms with Crippen LogP contribution in [0.2, 0.25) is 0 Å². The van der Waals surface area contributed by atoms with E-state index in [2.05, 4.69) is 22.2 Å². The molecule has 0 fully saturated rings. The normalized spacial score (nSPS) is 12.0. The highest BCUT2D eigenvalue weighted by molar-refractivity contribution is 5.50. The summed E-state index contributed by atoms with van der Waals surface area (Å²) in [5, 5.41) is 18.0. The lowest BCUT2D eigenvalue weighted by molar-refractivity contribution is 0.0872. The molecule has 6 nitrogen and oxygen atoms in total. The Balaban J connectivity index is 2.93. The van der Waals surface area contributed by atoms with Crippen LogP contribution in [0.5, 0.6) is 0 Å². The number of nitrogens with one attached hydrogen (secondary N) is 1. The molecule has 0 unspecified atom stereocenters. The Morgan fingerprint density at radius 2 is 2.10 bits per heavy atom. The number of nitrogens with zero attached hydrogens (tertiary/aromatic N) is 3. The minimum Gasteiger partial charge on any atom is -0.389 e. The maximum absolute atomic E-state index is 10.1. The zero-order valence-electron chi connectivity index (χ0n) is 14.2. The van der Waals surface area contributed by atoms with Gasteiger partial charge in [-0.2, -0.15) is 5.10 Å². The van der Waals surface area contributed by atoms with Crippen LogP contribution in [0.4, 0.5) is 5.82 Å². The highest BCUT2D eigenvalue weighted by Gasteiger charge is 2.23. The van der Waals surface area contributed by atoms with Gasteiger partial charge in [0, 0.05) is 45.9 Å². The average Bonchev–Trinajstić information content (AvgIpc) is 2.65. The van der Waals surface area contributed by atoms with E-state index in [-0.39, 0.29) is 0 Å². The van der Waals surface area contributed by atoms with E-state index in [1.165, 1.54) is 5.56 Å². The number of aliphatic hydroxyl groups is 1. The summed E-state index contributed by atoms with van der Waals surface area (Å²) in [5.74, 6) is 1.07. The Kier molecular flexibility index (Phi) is 6.64. The Bertz CT molecular complexity index is 438. The van der Waals surface area contributed by atoms with Gasteiger partial charge < -0.3 is 20.1 Å². The maximum atomic E-state index is 10.1. The first-order valence-electron chi connectivity index (χ1n) is 7.49. The zero-order chi connectivity index (χ0) is 16.0. The summed E-state index contributed by atoms with van der Waals surface area (Å²) in [6, 6.07) is 0. The van der Waals surface area contributed by atoms with Gasteiger partial charge in [-0.1, -0.05) is 0 Å². The summed E-state index contributed by atoms with van der Waals surface area (Å²) in [5.41, 5.74) is 1.46. The summed E-state index contributed by atoms with van der Waals surface area (Å²) >= 11 is 0. The number of hydrogen-bond donors (Lipinski definition) is 2. The van der Waals surface area contributed by atoms with Crippen molar-refractivity contribution >= 4 is 5.82 Å². The summed E-state index contributed by atoms with van der Waals surface area (Å²) in [4.78, 5) is 2.17. The minimum atomic E-state index is -0.741. The molecular formula is C15H30N4O2. The van der Waals surface area contributed by atoms with Crippen molar-refractivity contribution in [3.8, 4) is 0 Å². The number of anilines is 1. The van der Waals surface area contributed by atoms with Gasteiger partial charge in [-0.25, -0.2) is 0 Å². The number of ether oxygens (including phenoxy) is 1. The second-order valence-corrected chi connectivity index (χ2v) is 6.01. The third kappa shape index (κ3) is 5.30. The van der Waals surface area contributed by atoms with E-state index in [1.54, 1.807) is 7.11 Å². The molecule has 0 radical (unpaired) electrons. The van der Waals surface area contributed by atoms with Crippen LogP contribution in [0.1, 0.15) is 32.0 Å². The topological polar surface area (TPSA) is 62.6 Å². The first-order chi connectivity index (χ1) is 9.80. The summed E-state index contributed by atoms with van der Waals surface area (Å²) < 4.78 is 6.95. The predicted molar refractivity (Wildman–Crippen MR) is 85.7 cm³/mol. The Labute approximate surface area is 128 Å². The van der Waals surface area contributed by atoms with Crippen LogP contribution >= 0.6 is 0 Å². The molecule has 0 aliphatic rings. The molecule has 0 bridgehead atoms. The molecule has 1 rings (SSSR count). The van der Waals surface area contributed by atoms with E-state index in [1.807, 2.05) is 32.5 Å². The van der Waals surface area contributed by atoms with Crippen molar-refractivity contribution in [2.45, 2.75) is 39.8 Å². The molecule has 0 spiro atoms. The van der Waals surface area contributed by atoms with Gasteiger partial charge in [0.1, 0.15) is 5.82 Å². The van der Waals surface area contributed by atoms with Gasteiger partial charge in [-0.15, -0.1) is 0 Å². The Morgan fingerprint density at radius 3 is 2.62 bits per heavy atom. The summed E-state index contributed by atoms with van der Waals surface area (Å²) in [7, 11) is 3.65. The maximum Gasteiger partial charge on any atom is 0.131 e. The minimum absolute atomic E-state index is 0.577. The fourth-order valence-electron chi connectivity index (χ4n) is 2.48. The van der Waals surface area contributed by atoms with Crippen molar-refractivity contribution in [2.24, 2.45) is 7.05 Å². The lowest BCUT2D eigenvalue weighted by Gasteiger charge is -2.30. The molecule has 1 aromatic rings. The molecule has 1 heterocycles. The molecule has 2 N–H and O–H groups in total. The molecule has 1 aromatic heterocycles. The summed E-state index contributed by atoms with van der Waals surface area (Å²) in [6.07, 6.45) is 0. The lowest BCUT2D eigenvalue weighted by Crippen LogP contribution is -2.40. The van der Waals surface area contributed by atoms with Gasteiger partial charge in [0.2, 0.25) is 0 Å². The van der Waals surface area contributed by atoms with Crippen LogP contribution in [0, 0.1) is 6.92 Å². The van der Waals surface area contributed by atoms with Crippen LogP contribution < -0.4 is 10.2 Å². The molecule has 0 aromatic carbocycles. The van der Waals surface area contributed by atoms with Crippen molar-refractivity contribution in [1.82, 2.24) is 15.1 Å². The number of methoxy groups -OCH3 is 1. The molecule has 0 atom stereocenters. The number of aromatic nitrogens is 2. The monoisotopic (exact) mass is 298 g/mol. The summed E-state index contributed by atoms with van der Waals surface area (Å²) in [6.45, 7) is 11.4. The van der Waals surface area contributed by atoms with Gasteiger partial charge in [-0.3, -0.25) is 4.68 Å². The Hall–Kier alpha value is -1.11. The molecular weight excluding hydrogens is 268 g/mol. The average molecular weight is 298 g/mol. The molecule has 122 valence electrons. The van der Waals surface area contributed by atoms with Gasteiger partial charge in [0.15, 0.2) is 0 Å². The van der Waals surface area contributed by atoms with Crippen molar-refractivity contribution in [3.05, 3.63) is 11.3 Å². The molecule has 0 aliphatic heterocycles. The molecule has 0 amide bonds. The van der Waals surface area contributed by atoms with Crippen molar-refractivity contribution in [2.75, 3.05) is 38.3 Å². The fourth-order valence-corrected chi connectivity index (χ4v) is 2.48. The first-order valence-corrected chi connectivity index (χ1v) is 7.49. The zero-order valence-corrected chi connectivity index (χ0v) is 14.2. The smallest absolute Gasteiger partial charge is 0.131 e. The van der Waals surface area contributed by atoms with E-state index >= 15 is 0 Å². The first kappa shape index (κ1) is 17.9. The number of likely N-dealkylation sites (N-methyl/N-ethyl adjacent to an activating group) is 1. The predicted octanol–water partition coefficient (Wildman–Crippen LogP) is 1.06. The highest BCUT2D eigenvalue weighted by atomic mass is 16.5. The number of rotatable bonds is 9. The van der Waals surface area contributed by atoms with Gasteiger partial charge in [0.25, 0.3) is 0 Å². The third-order valence-corrected chi connectivity index (χ3v) is 3.36. The quantitative estimate of drug-likeness (QED) is 0.668. The second-order valence-electron chi connectivity index (χ2n) is 6.01. The fraction of sp³-hybridized carbons (Fsp3) is 0.800. The number of hydrogen-bond acceptors (Lipinski definition) is 5.